The van der Waals surface area contributed by atoms with Crippen molar-refractivity contribution in [3.05, 3.63) is 29.8 Å². The molecule has 2 rings (SSSR count). The number of benzene rings is 1. The van der Waals surface area contributed by atoms with Crippen molar-refractivity contribution in [2.24, 2.45) is 10.9 Å². The van der Waals surface area contributed by atoms with Crippen LogP contribution in [0.4, 0.5) is 0 Å². The van der Waals surface area contributed by atoms with Gasteiger partial charge in [-0.25, -0.2) is 0 Å². The van der Waals surface area contributed by atoms with E-state index in [0.29, 0.717) is 13.0 Å². The second-order valence-corrected chi connectivity index (χ2v) is 4.71. The Hall–Kier alpha value is -1.75. The first-order valence-electron chi connectivity index (χ1n) is 6.57. The second kappa shape index (κ2) is 6.99. The lowest BCUT2D eigenvalue weighted by molar-refractivity contribution is -0.0110. The lowest BCUT2D eigenvalue weighted by Gasteiger charge is -2.22. The lowest BCUT2D eigenvalue weighted by Crippen LogP contribution is -2.25. The van der Waals surface area contributed by atoms with Gasteiger partial charge in [0.05, 0.1) is 6.10 Å². The van der Waals surface area contributed by atoms with E-state index in [2.05, 4.69) is 5.16 Å². The van der Waals surface area contributed by atoms with Crippen LogP contribution in [0.2, 0.25) is 0 Å². The van der Waals surface area contributed by atoms with E-state index in [0.717, 1.165) is 30.8 Å². The molecule has 0 aromatic heterocycles. The molecule has 1 heterocycles. The molecule has 104 valence electrons. The highest BCUT2D eigenvalue weighted by atomic mass is 16.5. The molecule has 1 unspecified atom stereocenters. The molecule has 19 heavy (non-hydrogen) atoms. The smallest absolute Gasteiger partial charge is 0.143 e. The number of rotatable bonds is 5. The van der Waals surface area contributed by atoms with Crippen LogP contribution in [0, 0.1) is 0 Å². The molecule has 1 aromatic rings. The number of nitrogens with zero attached hydrogens (tertiary/aromatic N) is 1. The number of nitrogens with two attached hydrogens (primary N) is 1. The van der Waals surface area contributed by atoms with Crippen molar-refractivity contribution in [3.63, 3.8) is 0 Å². The van der Waals surface area contributed by atoms with Gasteiger partial charge in [0.25, 0.3) is 0 Å². The van der Waals surface area contributed by atoms with Gasteiger partial charge in [-0.2, -0.15) is 0 Å². The molecule has 1 aliphatic heterocycles. The molecule has 3 N–H and O–H groups in total. The highest BCUT2D eigenvalue weighted by Gasteiger charge is 2.14. The molecule has 0 amide bonds. The SMILES string of the molecule is N/C(Cc1ccc(OCC2CCCCO2)cc1)=N\O. The number of hydrogen-bond donors (Lipinski definition) is 2. The molecule has 0 spiro atoms. The van der Waals surface area contributed by atoms with Crippen molar-refractivity contribution in [1.82, 2.24) is 0 Å². The van der Waals surface area contributed by atoms with Crippen molar-refractivity contribution in [2.45, 2.75) is 31.8 Å². The summed E-state index contributed by atoms with van der Waals surface area (Å²) in [4.78, 5) is 0. The van der Waals surface area contributed by atoms with Crippen molar-refractivity contribution < 1.29 is 14.7 Å². The van der Waals surface area contributed by atoms with Crippen molar-refractivity contribution in [3.8, 4) is 5.75 Å². The summed E-state index contributed by atoms with van der Waals surface area (Å²) in [5.74, 6) is 1.02. The Morgan fingerprint density at radius 1 is 1.37 bits per heavy atom. The van der Waals surface area contributed by atoms with Gasteiger partial charge in [0.2, 0.25) is 0 Å². The Kier molecular flexibility index (Phi) is 5.03. The van der Waals surface area contributed by atoms with Gasteiger partial charge in [-0.1, -0.05) is 17.3 Å². The van der Waals surface area contributed by atoms with Crippen LogP contribution in [0.5, 0.6) is 5.75 Å². The zero-order chi connectivity index (χ0) is 13.5. The predicted molar refractivity (Wildman–Crippen MR) is 72.6 cm³/mol. The molecule has 1 saturated heterocycles. The predicted octanol–water partition coefficient (Wildman–Crippen LogP) is 1.92. The zero-order valence-corrected chi connectivity index (χ0v) is 10.9. The second-order valence-electron chi connectivity index (χ2n) is 4.71. The van der Waals surface area contributed by atoms with Gasteiger partial charge in [-0.15, -0.1) is 0 Å². The quantitative estimate of drug-likeness (QED) is 0.369. The van der Waals surface area contributed by atoms with Crippen LogP contribution in [-0.4, -0.2) is 30.4 Å². The molecule has 0 saturated carbocycles. The van der Waals surface area contributed by atoms with Gasteiger partial charge >= 0.3 is 0 Å². The summed E-state index contributed by atoms with van der Waals surface area (Å²) in [7, 11) is 0. The summed E-state index contributed by atoms with van der Waals surface area (Å²) in [5, 5.41) is 11.5. The first kappa shape index (κ1) is 13.7. The maximum absolute atomic E-state index is 8.50. The molecule has 5 nitrogen and oxygen atoms in total. The number of hydrogen-bond acceptors (Lipinski definition) is 4. The largest absolute Gasteiger partial charge is 0.491 e. The van der Waals surface area contributed by atoms with E-state index in [-0.39, 0.29) is 11.9 Å². The van der Waals surface area contributed by atoms with Crippen LogP contribution in [0.3, 0.4) is 0 Å². The van der Waals surface area contributed by atoms with E-state index >= 15 is 0 Å². The minimum atomic E-state index is 0.198. The summed E-state index contributed by atoms with van der Waals surface area (Å²) in [6, 6.07) is 7.61. The highest BCUT2D eigenvalue weighted by molar-refractivity contribution is 5.82. The molecular formula is C14H20N2O3. The van der Waals surface area contributed by atoms with E-state index in [1.54, 1.807) is 0 Å². The molecule has 1 aromatic carbocycles. The molecule has 0 radical (unpaired) electrons. The van der Waals surface area contributed by atoms with Crippen LogP contribution in [0.25, 0.3) is 0 Å². The van der Waals surface area contributed by atoms with E-state index in [1.165, 1.54) is 6.42 Å². The fourth-order valence-electron chi connectivity index (χ4n) is 2.08. The van der Waals surface area contributed by atoms with Gasteiger partial charge in [0.15, 0.2) is 0 Å². The number of oxime groups is 1. The number of amidine groups is 1. The summed E-state index contributed by atoms with van der Waals surface area (Å²) in [6.07, 6.45) is 4.08. The zero-order valence-electron chi connectivity index (χ0n) is 10.9. The fraction of sp³-hybridized carbons (Fsp3) is 0.500. The Labute approximate surface area is 113 Å². The van der Waals surface area contributed by atoms with Crippen LogP contribution in [0.15, 0.2) is 29.4 Å². The summed E-state index contributed by atoms with van der Waals surface area (Å²) < 4.78 is 11.3. The monoisotopic (exact) mass is 264 g/mol. The first-order valence-corrected chi connectivity index (χ1v) is 6.57. The van der Waals surface area contributed by atoms with Crippen molar-refractivity contribution >= 4 is 5.84 Å². The van der Waals surface area contributed by atoms with E-state index < -0.39 is 0 Å². The van der Waals surface area contributed by atoms with Crippen molar-refractivity contribution in [2.75, 3.05) is 13.2 Å². The van der Waals surface area contributed by atoms with Gasteiger partial charge in [-0.05, 0) is 37.0 Å². The lowest BCUT2D eigenvalue weighted by atomic mass is 10.1. The highest BCUT2D eigenvalue weighted by Crippen LogP contribution is 2.16. The van der Waals surface area contributed by atoms with Gasteiger partial charge in [-0.3, -0.25) is 0 Å². The Morgan fingerprint density at radius 2 is 2.16 bits per heavy atom. The maximum Gasteiger partial charge on any atom is 0.143 e. The fourth-order valence-corrected chi connectivity index (χ4v) is 2.08. The minimum absolute atomic E-state index is 0.198. The summed E-state index contributed by atoms with van der Waals surface area (Å²) >= 11 is 0. The Bertz CT molecular complexity index is 411. The van der Waals surface area contributed by atoms with E-state index in [4.69, 9.17) is 20.4 Å². The molecule has 0 bridgehead atoms. The molecule has 1 fully saturated rings. The van der Waals surface area contributed by atoms with Crippen LogP contribution in [-0.2, 0) is 11.2 Å². The molecular weight excluding hydrogens is 244 g/mol. The molecule has 0 aliphatic carbocycles. The third-order valence-corrected chi connectivity index (χ3v) is 3.15. The van der Waals surface area contributed by atoms with Crippen LogP contribution in [0.1, 0.15) is 24.8 Å². The van der Waals surface area contributed by atoms with Crippen molar-refractivity contribution in [1.29, 1.82) is 0 Å². The average Bonchev–Trinajstić information content (AvgIpc) is 2.47. The topological polar surface area (TPSA) is 77.1 Å². The maximum atomic E-state index is 8.50. The summed E-state index contributed by atoms with van der Waals surface area (Å²) in [6.45, 7) is 1.44. The Balaban J connectivity index is 1.81. The van der Waals surface area contributed by atoms with E-state index in [9.17, 15) is 0 Å². The summed E-state index contributed by atoms with van der Waals surface area (Å²) in [5.41, 5.74) is 6.43. The average molecular weight is 264 g/mol. The van der Waals surface area contributed by atoms with Gasteiger partial charge in [0.1, 0.15) is 18.2 Å². The van der Waals surface area contributed by atoms with E-state index in [1.807, 2.05) is 24.3 Å². The standard InChI is InChI=1S/C14H20N2O3/c15-14(16-17)9-11-4-6-12(7-5-11)19-10-13-3-1-2-8-18-13/h4-7,13,17H,1-3,8-10H2,(H2,15,16). The molecule has 1 atom stereocenters. The third-order valence-electron chi connectivity index (χ3n) is 3.15. The minimum Gasteiger partial charge on any atom is -0.491 e. The first-order chi connectivity index (χ1) is 9.28. The molecule has 1 aliphatic rings. The molecule has 5 heteroatoms. The number of ether oxygens (including phenoxy) is 2. The Morgan fingerprint density at radius 3 is 2.79 bits per heavy atom. The van der Waals surface area contributed by atoms with Gasteiger partial charge < -0.3 is 20.4 Å². The van der Waals surface area contributed by atoms with Gasteiger partial charge in [0, 0.05) is 13.0 Å². The third kappa shape index (κ3) is 4.44. The van der Waals surface area contributed by atoms with Crippen LogP contribution >= 0.6 is 0 Å². The normalized spacial score (nSPS) is 20.2. The van der Waals surface area contributed by atoms with Crippen LogP contribution < -0.4 is 10.5 Å².